The number of hydrogen-bond acceptors (Lipinski definition) is 5. The molecule has 30 heavy (non-hydrogen) atoms. The molecule has 0 radical (unpaired) electrons. The second-order valence-corrected chi connectivity index (χ2v) is 7.49. The number of ether oxygens (including phenoxy) is 2. The van der Waals surface area contributed by atoms with Gasteiger partial charge in [0.2, 0.25) is 0 Å². The third-order valence-corrected chi connectivity index (χ3v) is 5.39. The fourth-order valence-electron chi connectivity index (χ4n) is 3.85. The Morgan fingerprint density at radius 2 is 1.80 bits per heavy atom. The molecule has 0 bridgehead atoms. The molecule has 158 valence electrons. The molecule has 1 saturated heterocycles. The number of benzene rings is 2. The van der Waals surface area contributed by atoms with Gasteiger partial charge in [0.15, 0.2) is 0 Å². The van der Waals surface area contributed by atoms with Crippen LogP contribution in [0.5, 0.6) is 11.5 Å². The molecule has 0 spiro atoms. The number of aromatic nitrogens is 1. The van der Waals surface area contributed by atoms with Gasteiger partial charge >= 0.3 is 0 Å². The molecule has 1 N–H and O–H groups in total. The Labute approximate surface area is 177 Å². The maximum Gasteiger partial charge on any atom is 0.255 e. The molecule has 0 amide bonds. The third kappa shape index (κ3) is 4.90. The summed E-state index contributed by atoms with van der Waals surface area (Å²) >= 11 is 0. The quantitative estimate of drug-likeness (QED) is 0.581. The van der Waals surface area contributed by atoms with E-state index in [1.54, 1.807) is 0 Å². The van der Waals surface area contributed by atoms with E-state index in [1.165, 1.54) is 0 Å². The van der Waals surface area contributed by atoms with Gasteiger partial charge in [0.05, 0.1) is 12.1 Å². The maximum atomic E-state index is 13.3. The van der Waals surface area contributed by atoms with Crippen LogP contribution in [0.25, 0.3) is 10.9 Å². The summed E-state index contributed by atoms with van der Waals surface area (Å²) in [6.07, 6.45) is 0. The first-order chi connectivity index (χ1) is 14.7. The summed E-state index contributed by atoms with van der Waals surface area (Å²) in [5, 5.41) is 4.40. The van der Waals surface area contributed by atoms with E-state index in [2.05, 4.69) is 10.2 Å². The zero-order valence-electron chi connectivity index (χ0n) is 17.5. The van der Waals surface area contributed by atoms with Crippen molar-refractivity contribution in [2.75, 3.05) is 39.4 Å². The van der Waals surface area contributed by atoms with Crippen LogP contribution in [0.4, 0.5) is 0 Å². The molecule has 1 aliphatic heterocycles. The predicted molar refractivity (Wildman–Crippen MR) is 119 cm³/mol. The number of piperazine rings is 1. The van der Waals surface area contributed by atoms with E-state index in [1.807, 2.05) is 66.1 Å². The molecule has 1 aromatic heterocycles. The van der Waals surface area contributed by atoms with E-state index in [0.29, 0.717) is 32.1 Å². The Bertz CT molecular complexity index is 1030. The van der Waals surface area contributed by atoms with Crippen molar-refractivity contribution in [3.8, 4) is 11.5 Å². The fourth-order valence-corrected chi connectivity index (χ4v) is 3.85. The SMILES string of the molecule is CCOCCn1c(=O)c(CN2CCNCC2)cc2ccc(Oc3ccccc3)cc21. The van der Waals surface area contributed by atoms with Crippen molar-refractivity contribution >= 4 is 10.9 Å². The highest BCUT2D eigenvalue weighted by Crippen LogP contribution is 2.25. The predicted octanol–water partition coefficient (Wildman–Crippen LogP) is 3.24. The molecule has 0 atom stereocenters. The first-order valence-electron chi connectivity index (χ1n) is 10.6. The number of rotatable bonds is 8. The fraction of sp³-hybridized carbons (Fsp3) is 0.375. The first kappa shape index (κ1) is 20.6. The lowest BCUT2D eigenvalue weighted by molar-refractivity contribution is 0.139. The summed E-state index contributed by atoms with van der Waals surface area (Å²) in [5.41, 5.74) is 1.76. The molecule has 1 fully saturated rings. The van der Waals surface area contributed by atoms with Gasteiger partial charge in [0.1, 0.15) is 11.5 Å². The molecule has 0 aliphatic carbocycles. The van der Waals surface area contributed by atoms with Crippen molar-refractivity contribution < 1.29 is 9.47 Å². The highest BCUT2D eigenvalue weighted by molar-refractivity contribution is 5.81. The van der Waals surface area contributed by atoms with E-state index in [0.717, 1.165) is 48.4 Å². The van der Waals surface area contributed by atoms with Crippen molar-refractivity contribution in [1.29, 1.82) is 0 Å². The molecule has 6 heteroatoms. The van der Waals surface area contributed by atoms with Crippen LogP contribution in [0, 0.1) is 0 Å². The van der Waals surface area contributed by atoms with Crippen molar-refractivity contribution in [3.63, 3.8) is 0 Å². The highest BCUT2D eigenvalue weighted by atomic mass is 16.5. The van der Waals surface area contributed by atoms with E-state index in [4.69, 9.17) is 9.47 Å². The summed E-state index contributed by atoms with van der Waals surface area (Å²) in [7, 11) is 0. The standard InChI is InChI=1S/C24H29N3O3/c1-2-29-15-14-27-23-17-22(30-21-6-4-3-5-7-21)9-8-19(23)16-20(24(27)28)18-26-12-10-25-11-13-26/h3-9,16-17,25H,2,10-15,18H2,1H3. The van der Waals surface area contributed by atoms with E-state index in [-0.39, 0.29) is 5.56 Å². The van der Waals surface area contributed by atoms with Crippen LogP contribution >= 0.6 is 0 Å². The molecule has 3 aromatic rings. The van der Waals surface area contributed by atoms with E-state index >= 15 is 0 Å². The van der Waals surface area contributed by atoms with Crippen molar-refractivity contribution in [3.05, 3.63) is 70.5 Å². The molecule has 6 nitrogen and oxygen atoms in total. The number of nitrogens with one attached hydrogen (secondary N) is 1. The largest absolute Gasteiger partial charge is 0.457 e. The van der Waals surface area contributed by atoms with Crippen molar-refractivity contribution in [1.82, 2.24) is 14.8 Å². The van der Waals surface area contributed by atoms with Gasteiger partial charge in [-0.05, 0) is 42.6 Å². The van der Waals surface area contributed by atoms with Crippen LogP contribution < -0.4 is 15.6 Å². The summed E-state index contributed by atoms with van der Waals surface area (Å²) < 4.78 is 13.4. The Morgan fingerprint density at radius 1 is 1.00 bits per heavy atom. The normalized spacial score (nSPS) is 14.8. The molecular weight excluding hydrogens is 378 g/mol. The zero-order chi connectivity index (χ0) is 20.8. The van der Waals surface area contributed by atoms with Gasteiger partial charge in [0.25, 0.3) is 5.56 Å². The smallest absolute Gasteiger partial charge is 0.255 e. The number of nitrogens with zero attached hydrogens (tertiary/aromatic N) is 2. The molecule has 2 heterocycles. The number of hydrogen-bond donors (Lipinski definition) is 1. The van der Waals surface area contributed by atoms with Gasteiger partial charge in [0, 0.05) is 57.5 Å². The minimum atomic E-state index is 0.0533. The van der Waals surface area contributed by atoms with Gasteiger partial charge in [-0.25, -0.2) is 0 Å². The summed E-state index contributed by atoms with van der Waals surface area (Å²) in [4.78, 5) is 15.7. The Balaban J connectivity index is 1.69. The second kappa shape index (κ2) is 9.89. The summed E-state index contributed by atoms with van der Waals surface area (Å²) in [6, 6.07) is 17.7. The molecule has 0 saturated carbocycles. The van der Waals surface area contributed by atoms with E-state index < -0.39 is 0 Å². The van der Waals surface area contributed by atoms with Gasteiger partial charge in [-0.1, -0.05) is 18.2 Å². The third-order valence-electron chi connectivity index (χ3n) is 5.39. The monoisotopic (exact) mass is 407 g/mol. The Kier molecular flexibility index (Phi) is 6.79. The van der Waals surface area contributed by atoms with Crippen LogP contribution in [-0.2, 0) is 17.8 Å². The molecule has 0 unspecified atom stereocenters. The van der Waals surface area contributed by atoms with Crippen LogP contribution in [0.2, 0.25) is 0 Å². The van der Waals surface area contributed by atoms with Gasteiger partial charge < -0.3 is 19.4 Å². The van der Waals surface area contributed by atoms with E-state index in [9.17, 15) is 4.79 Å². The first-order valence-corrected chi connectivity index (χ1v) is 10.6. The Hall–Kier alpha value is -2.67. The minimum absolute atomic E-state index is 0.0533. The van der Waals surface area contributed by atoms with Crippen molar-refractivity contribution in [2.24, 2.45) is 0 Å². The van der Waals surface area contributed by atoms with Gasteiger partial charge in [-0.15, -0.1) is 0 Å². The minimum Gasteiger partial charge on any atom is -0.457 e. The molecule has 2 aromatic carbocycles. The van der Waals surface area contributed by atoms with Gasteiger partial charge in [-0.3, -0.25) is 9.69 Å². The van der Waals surface area contributed by atoms with Crippen LogP contribution in [-0.4, -0.2) is 48.9 Å². The maximum absolute atomic E-state index is 13.3. The lowest BCUT2D eigenvalue weighted by Crippen LogP contribution is -2.44. The summed E-state index contributed by atoms with van der Waals surface area (Å²) in [5.74, 6) is 1.49. The van der Waals surface area contributed by atoms with Crippen LogP contribution in [0.1, 0.15) is 12.5 Å². The topological polar surface area (TPSA) is 55.7 Å². The summed E-state index contributed by atoms with van der Waals surface area (Å²) in [6.45, 7) is 8.15. The number of fused-ring (bicyclic) bond motifs is 1. The lowest BCUT2D eigenvalue weighted by atomic mass is 10.1. The zero-order valence-corrected chi connectivity index (χ0v) is 17.5. The number of para-hydroxylation sites is 1. The molecule has 1 aliphatic rings. The second-order valence-electron chi connectivity index (χ2n) is 7.49. The molecule has 4 rings (SSSR count). The van der Waals surface area contributed by atoms with Crippen LogP contribution in [0.15, 0.2) is 59.4 Å². The average Bonchev–Trinajstić information content (AvgIpc) is 2.78. The van der Waals surface area contributed by atoms with Crippen molar-refractivity contribution in [2.45, 2.75) is 20.0 Å². The average molecular weight is 408 g/mol. The van der Waals surface area contributed by atoms with Crippen LogP contribution in [0.3, 0.4) is 0 Å². The number of pyridine rings is 1. The molecular formula is C24H29N3O3. The Morgan fingerprint density at radius 3 is 2.57 bits per heavy atom. The highest BCUT2D eigenvalue weighted by Gasteiger charge is 2.15. The van der Waals surface area contributed by atoms with Gasteiger partial charge in [-0.2, -0.15) is 0 Å². The lowest BCUT2D eigenvalue weighted by Gasteiger charge is -2.27.